The largest absolute Gasteiger partial charge is 0.150 e. The first-order valence-corrected chi connectivity index (χ1v) is 6.19. The van der Waals surface area contributed by atoms with Gasteiger partial charge in [0.05, 0.1) is 10.7 Å². The fourth-order valence-corrected chi connectivity index (χ4v) is 2.08. The molecule has 0 saturated carbocycles. The summed E-state index contributed by atoms with van der Waals surface area (Å²) in [6.45, 7) is 0. The molecule has 0 spiro atoms. The van der Waals surface area contributed by atoms with Gasteiger partial charge in [0.25, 0.3) is 0 Å². The van der Waals surface area contributed by atoms with E-state index in [-0.39, 0.29) is 0 Å². The molecule has 0 aliphatic heterocycles. The molecule has 0 fully saturated rings. The van der Waals surface area contributed by atoms with Gasteiger partial charge >= 0.3 is 0 Å². The molecule has 0 unspecified atom stereocenters. The molecule has 0 amide bonds. The van der Waals surface area contributed by atoms with Gasteiger partial charge in [0, 0.05) is 4.47 Å². The minimum Gasteiger partial charge on any atom is -0.150 e. The van der Waals surface area contributed by atoms with Crippen LogP contribution in [0.4, 0.5) is 0 Å². The van der Waals surface area contributed by atoms with E-state index < -0.39 is 0 Å². The van der Waals surface area contributed by atoms with Gasteiger partial charge in [-0.15, -0.1) is 10.2 Å². The van der Waals surface area contributed by atoms with Crippen molar-refractivity contribution >= 4 is 38.6 Å². The fourth-order valence-electron chi connectivity index (χ4n) is 1.59. The lowest BCUT2D eigenvalue weighted by Gasteiger charge is -1.96. The first-order valence-electron chi connectivity index (χ1n) is 5.01. The summed E-state index contributed by atoms with van der Waals surface area (Å²) in [5.41, 5.74) is 2.52. The molecule has 84 valence electrons. The van der Waals surface area contributed by atoms with Crippen molar-refractivity contribution in [2.24, 2.45) is 0 Å². The van der Waals surface area contributed by atoms with E-state index in [4.69, 9.17) is 11.6 Å². The number of halogens is 2. The highest BCUT2D eigenvalue weighted by Gasteiger charge is 2.07. The van der Waals surface area contributed by atoms with Crippen molar-refractivity contribution in [2.45, 2.75) is 0 Å². The summed E-state index contributed by atoms with van der Waals surface area (Å²) in [5, 5.41) is 9.42. The number of para-hydroxylation sites is 1. The molecule has 1 aromatic heterocycles. The average molecular weight is 309 g/mol. The van der Waals surface area contributed by atoms with E-state index in [0.717, 1.165) is 21.2 Å². The topological polar surface area (TPSA) is 30.7 Å². The van der Waals surface area contributed by atoms with Crippen molar-refractivity contribution < 1.29 is 0 Å². The third kappa shape index (κ3) is 1.94. The van der Waals surface area contributed by atoms with Gasteiger partial charge in [-0.05, 0) is 40.2 Å². The zero-order valence-corrected chi connectivity index (χ0v) is 11.0. The number of rotatable bonds is 1. The predicted octanol–water partition coefficient (Wildman–Crippen LogP) is 3.84. The average Bonchev–Trinajstić information content (AvgIpc) is 2.74. The van der Waals surface area contributed by atoms with Gasteiger partial charge in [-0.1, -0.05) is 29.8 Å². The van der Waals surface area contributed by atoms with Crippen LogP contribution in [0.15, 0.2) is 46.9 Å². The maximum Gasteiger partial charge on any atom is 0.115 e. The van der Waals surface area contributed by atoms with Crippen LogP contribution in [0.2, 0.25) is 5.02 Å². The number of hydrogen-bond donors (Lipinski definition) is 0. The maximum atomic E-state index is 6.02. The molecule has 0 radical (unpaired) electrons. The van der Waals surface area contributed by atoms with E-state index in [2.05, 4.69) is 26.1 Å². The van der Waals surface area contributed by atoms with Crippen LogP contribution >= 0.6 is 27.5 Å². The van der Waals surface area contributed by atoms with Crippen molar-refractivity contribution in [1.29, 1.82) is 0 Å². The Labute approximate surface area is 111 Å². The number of benzene rings is 2. The second-order valence-electron chi connectivity index (χ2n) is 3.58. The number of hydrogen-bond acceptors (Lipinski definition) is 2. The van der Waals surface area contributed by atoms with Crippen LogP contribution in [0.3, 0.4) is 0 Å². The van der Waals surface area contributed by atoms with Crippen molar-refractivity contribution in [2.75, 3.05) is 0 Å². The summed E-state index contributed by atoms with van der Waals surface area (Å²) < 4.78 is 0.826. The van der Waals surface area contributed by atoms with Gasteiger partial charge in [-0.25, -0.2) is 0 Å². The normalized spacial score (nSPS) is 10.9. The zero-order valence-electron chi connectivity index (χ0n) is 8.64. The van der Waals surface area contributed by atoms with Gasteiger partial charge < -0.3 is 0 Å². The van der Waals surface area contributed by atoms with Crippen LogP contribution in [-0.2, 0) is 0 Å². The smallest absolute Gasteiger partial charge is 0.115 e. The summed E-state index contributed by atoms with van der Waals surface area (Å²) in [5.74, 6) is 0. The summed E-state index contributed by atoms with van der Waals surface area (Å²) in [7, 11) is 0. The molecule has 3 rings (SSSR count). The van der Waals surface area contributed by atoms with Crippen molar-refractivity contribution in [1.82, 2.24) is 15.0 Å². The number of aromatic nitrogens is 3. The van der Waals surface area contributed by atoms with Crippen LogP contribution < -0.4 is 0 Å². The molecular formula is C12H7BrClN3. The van der Waals surface area contributed by atoms with Gasteiger partial charge in [0.2, 0.25) is 0 Å². The highest BCUT2D eigenvalue weighted by molar-refractivity contribution is 9.10. The third-order valence-corrected chi connectivity index (χ3v) is 3.61. The lowest BCUT2D eigenvalue weighted by atomic mass is 10.3. The van der Waals surface area contributed by atoms with E-state index in [1.165, 1.54) is 0 Å². The Hall–Kier alpha value is -1.39. The van der Waals surface area contributed by atoms with E-state index in [0.29, 0.717) is 5.02 Å². The Morgan fingerprint density at radius 1 is 1.00 bits per heavy atom. The van der Waals surface area contributed by atoms with E-state index in [1.54, 1.807) is 10.9 Å². The fraction of sp³-hybridized carbons (Fsp3) is 0. The van der Waals surface area contributed by atoms with Crippen molar-refractivity contribution in [3.05, 3.63) is 52.0 Å². The molecule has 0 bridgehead atoms. The van der Waals surface area contributed by atoms with Crippen LogP contribution in [0, 0.1) is 0 Å². The highest BCUT2D eigenvalue weighted by Crippen LogP contribution is 2.26. The molecule has 1 heterocycles. The first kappa shape index (κ1) is 10.7. The third-order valence-electron chi connectivity index (χ3n) is 2.41. The molecule has 0 atom stereocenters. The van der Waals surface area contributed by atoms with E-state index in [9.17, 15) is 0 Å². The second-order valence-corrected chi connectivity index (χ2v) is 4.84. The quantitative estimate of drug-likeness (QED) is 0.684. The number of fused-ring (bicyclic) bond motifs is 1. The lowest BCUT2D eigenvalue weighted by molar-refractivity contribution is 0.766. The SMILES string of the molecule is Clc1cc2nn(-c3ccccc3)nc2cc1Br. The Bertz CT molecular complexity index is 640. The molecule has 0 aliphatic carbocycles. The molecule has 5 heteroatoms. The van der Waals surface area contributed by atoms with Gasteiger partial charge in [-0.2, -0.15) is 4.80 Å². The standard InChI is InChI=1S/C12H7BrClN3/c13-9-6-11-12(7-10(9)14)16-17(15-11)8-4-2-1-3-5-8/h1-7H. The Morgan fingerprint density at radius 2 is 1.65 bits per heavy atom. The molecule has 3 nitrogen and oxygen atoms in total. The summed E-state index contributed by atoms with van der Waals surface area (Å²) in [6.07, 6.45) is 0. The van der Waals surface area contributed by atoms with Crippen LogP contribution in [0.1, 0.15) is 0 Å². The molecular weight excluding hydrogens is 302 g/mol. The first-order chi connectivity index (χ1) is 8.24. The molecule has 2 aromatic carbocycles. The summed E-state index contributed by atoms with van der Waals surface area (Å²) >= 11 is 9.39. The highest BCUT2D eigenvalue weighted by atomic mass is 79.9. The van der Waals surface area contributed by atoms with Crippen molar-refractivity contribution in [3.8, 4) is 5.69 Å². The second kappa shape index (κ2) is 4.13. The molecule has 0 saturated heterocycles. The Balaban J connectivity index is 2.21. The molecule has 3 aromatic rings. The summed E-state index contributed by atoms with van der Waals surface area (Å²) in [4.78, 5) is 1.60. The van der Waals surface area contributed by atoms with Gasteiger partial charge in [-0.3, -0.25) is 0 Å². The predicted molar refractivity (Wildman–Crippen MR) is 71.6 cm³/mol. The maximum absolute atomic E-state index is 6.02. The van der Waals surface area contributed by atoms with E-state index >= 15 is 0 Å². The Morgan fingerprint density at radius 3 is 2.35 bits per heavy atom. The zero-order chi connectivity index (χ0) is 11.8. The van der Waals surface area contributed by atoms with Crippen LogP contribution in [-0.4, -0.2) is 15.0 Å². The number of nitrogens with zero attached hydrogens (tertiary/aromatic N) is 3. The minimum absolute atomic E-state index is 0.637. The van der Waals surface area contributed by atoms with Crippen molar-refractivity contribution in [3.63, 3.8) is 0 Å². The van der Waals surface area contributed by atoms with Crippen LogP contribution in [0.25, 0.3) is 16.7 Å². The molecule has 0 aliphatic rings. The monoisotopic (exact) mass is 307 g/mol. The van der Waals surface area contributed by atoms with E-state index in [1.807, 2.05) is 36.4 Å². The molecule has 0 N–H and O–H groups in total. The van der Waals surface area contributed by atoms with Crippen LogP contribution in [0.5, 0.6) is 0 Å². The van der Waals surface area contributed by atoms with Gasteiger partial charge in [0.1, 0.15) is 11.0 Å². The minimum atomic E-state index is 0.637. The van der Waals surface area contributed by atoms with Gasteiger partial charge in [0.15, 0.2) is 0 Å². The summed E-state index contributed by atoms with van der Waals surface area (Å²) in [6, 6.07) is 13.4. The Kier molecular flexibility index (Phi) is 2.61. The molecule has 17 heavy (non-hydrogen) atoms. The lowest BCUT2D eigenvalue weighted by Crippen LogP contribution is -1.97.